The fourth-order valence-corrected chi connectivity index (χ4v) is 2.78. The van der Waals surface area contributed by atoms with Gasteiger partial charge in [-0.05, 0) is 43.5 Å². The number of hydrogen-bond donors (Lipinski definition) is 1. The van der Waals surface area contributed by atoms with Gasteiger partial charge >= 0.3 is 0 Å². The highest BCUT2D eigenvalue weighted by Crippen LogP contribution is 2.28. The lowest BCUT2D eigenvalue weighted by Crippen LogP contribution is -2.33. The standard InChI is InChI=1S/C17H27FN2O/c1-3-19-17(14-5-4-6-15(18)13-14)9-10-20(11-12-21-2)16-7-8-16/h4-6,13,16-17,19H,3,7-12H2,1-2H3. The molecule has 1 unspecified atom stereocenters. The third kappa shape index (κ3) is 5.38. The Bertz CT molecular complexity index is 423. The van der Waals surface area contributed by atoms with Crippen LogP contribution in [0.5, 0.6) is 0 Å². The number of hydrogen-bond acceptors (Lipinski definition) is 3. The van der Waals surface area contributed by atoms with E-state index in [0.29, 0.717) is 0 Å². The molecule has 0 amide bonds. The Labute approximate surface area is 127 Å². The van der Waals surface area contributed by atoms with E-state index in [4.69, 9.17) is 4.74 Å². The van der Waals surface area contributed by atoms with Crippen molar-refractivity contribution in [2.45, 2.75) is 38.3 Å². The number of rotatable bonds is 10. The van der Waals surface area contributed by atoms with Crippen molar-refractivity contribution in [3.05, 3.63) is 35.6 Å². The zero-order valence-corrected chi connectivity index (χ0v) is 13.1. The molecule has 1 atom stereocenters. The fraction of sp³-hybridized carbons (Fsp3) is 0.647. The number of methoxy groups -OCH3 is 1. The highest BCUT2D eigenvalue weighted by Gasteiger charge is 2.28. The molecule has 0 spiro atoms. The minimum absolute atomic E-state index is 0.158. The molecule has 0 aliphatic heterocycles. The van der Waals surface area contributed by atoms with Crippen LogP contribution in [0.2, 0.25) is 0 Å². The summed E-state index contributed by atoms with van der Waals surface area (Å²) in [5, 5.41) is 3.47. The summed E-state index contributed by atoms with van der Waals surface area (Å²) in [4.78, 5) is 2.51. The smallest absolute Gasteiger partial charge is 0.123 e. The fourth-order valence-electron chi connectivity index (χ4n) is 2.78. The van der Waals surface area contributed by atoms with Gasteiger partial charge in [0.1, 0.15) is 5.82 Å². The van der Waals surface area contributed by atoms with Crippen molar-refractivity contribution in [2.24, 2.45) is 0 Å². The monoisotopic (exact) mass is 294 g/mol. The Morgan fingerprint density at radius 2 is 2.19 bits per heavy atom. The summed E-state index contributed by atoms with van der Waals surface area (Å²) >= 11 is 0. The van der Waals surface area contributed by atoms with Crippen molar-refractivity contribution in [3.63, 3.8) is 0 Å². The quantitative estimate of drug-likeness (QED) is 0.718. The molecule has 0 saturated heterocycles. The van der Waals surface area contributed by atoms with Gasteiger partial charge in [-0.25, -0.2) is 4.39 Å². The average molecular weight is 294 g/mol. The van der Waals surface area contributed by atoms with Crippen LogP contribution in [0, 0.1) is 5.82 Å². The molecule has 1 aliphatic carbocycles. The zero-order chi connectivity index (χ0) is 15.1. The zero-order valence-electron chi connectivity index (χ0n) is 13.1. The molecule has 1 aromatic carbocycles. The van der Waals surface area contributed by atoms with Crippen LogP contribution in [-0.2, 0) is 4.74 Å². The van der Waals surface area contributed by atoms with E-state index in [1.54, 1.807) is 19.2 Å². The second kappa shape index (κ2) is 8.47. The highest BCUT2D eigenvalue weighted by atomic mass is 19.1. The molecule has 0 aromatic heterocycles. The average Bonchev–Trinajstić information content (AvgIpc) is 3.31. The van der Waals surface area contributed by atoms with Crippen molar-refractivity contribution in [1.82, 2.24) is 10.2 Å². The lowest BCUT2D eigenvalue weighted by molar-refractivity contribution is 0.140. The molecule has 0 bridgehead atoms. The van der Waals surface area contributed by atoms with E-state index < -0.39 is 0 Å². The summed E-state index contributed by atoms with van der Waals surface area (Å²) in [6.07, 6.45) is 3.60. The van der Waals surface area contributed by atoms with E-state index in [2.05, 4.69) is 17.1 Å². The van der Waals surface area contributed by atoms with E-state index in [1.165, 1.54) is 18.9 Å². The minimum atomic E-state index is -0.158. The van der Waals surface area contributed by atoms with Gasteiger partial charge in [0.2, 0.25) is 0 Å². The molecular weight excluding hydrogens is 267 g/mol. The maximum atomic E-state index is 13.4. The number of ether oxygens (including phenoxy) is 1. The molecule has 1 aliphatic rings. The third-order valence-corrected chi connectivity index (χ3v) is 4.05. The lowest BCUT2D eigenvalue weighted by Gasteiger charge is -2.25. The highest BCUT2D eigenvalue weighted by molar-refractivity contribution is 5.20. The minimum Gasteiger partial charge on any atom is -0.383 e. The first-order valence-corrected chi connectivity index (χ1v) is 7.96. The summed E-state index contributed by atoms with van der Waals surface area (Å²) < 4.78 is 18.6. The first kappa shape index (κ1) is 16.4. The van der Waals surface area contributed by atoms with E-state index in [9.17, 15) is 4.39 Å². The summed E-state index contributed by atoms with van der Waals surface area (Å²) in [5.41, 5.74) is 1.04. The van der Waals surface area contributed by atoms with Crippen molar-refractivity contribution >= 4 is 0 Å². The molecule has 21 heavy (non-hydrogen) atoms. The molecule has 2 rings (SSSR count). The van der Waals surface area contributed by atoms with Crippen molar-refractivity contribution in [2.75, 3.05) is 33.4 Å². The van der Waals surface area contributed by atoms with Crippen LogP contribution in [0.3, 0.4) is 0 Å². The van der Waals surface area contributed by atoms with Crippen molar-refractivity contribution in [3.8, 4) is 0 Å². The molecule has 118 valence electrons. The Balaban J connectivity index is 1.92. The first-order valence-electron chi connectivity index (χ1n) is 7.96. The van der Waals surface area contributed by atoms with Gasteiger partial charge in [0, 0.05) is 32.3 Å². The number of nitrogens with zero attached hydrogens (tertiary/aromatic N) is 1. The lowest BCUT2D eigenvalue weighted by atomic mass is 10.0. The van der Waals surface area contributed by atoms with Crippen LogP contribution in [0.1, 0.15) is 37.8 Å². The molecule has 3 nitrogen and oxygen atoms in total. The van der Waals surface area contributed by atoms with Crippen LogP contribution in [0.25, 0.3) is 0 Å². The maximum absolute atomic E-state index is 13.4. The second-order valence-electron chi connectivity index (χ2n) is 5.71. The number of benzene rings is 1. The van der Waals surface area contributed by atoms with Gasteiger partial charge in [-0.2, -0.15) is 0 Å². The molecule has 1 N–H and O–H groups in total. The van der Waals surface area contributed by atoms with E-state index >= 15 is 0 Å². The Morgan fingerprint density at radius 3 is 2.81 bits per heavy atom. The predicted molar refractivity (Wildman–Crippen MR) is 83.9 cm³/mol. The third-order valence-electron chi connectivity index (χ3n) is 4.05. The summed E-state index contributed by atoms with van der Waals surface area (Å²) in [6, 6.07) is 7.89. The molecule has 4 heteroatoms. The van der Waals surface area contributed by atoms with Gasteiger partial charge in [-0.3, -0.25) is 4.90 Å². The Hall–Kier alpha value is -0.970. The van der Waals surface area contributed by atoms with Crippen molar-refractivity contribution < 1.29 is 9.13 Å². The molecular formula is C17H27FN2O. The summed E-state index contributed by atoms with van der Waals surface area (Å²) in [7, 11) is 1.75. The van der Waals surface area contributed by atoms with Crippen LogP contribution in [-0.4, -0.2) is 44.3 Å². The molecule has 0 radical (unpaired) electrons. The molecule has 1 saturated carbocycles. The second-order valence-corrected chi connectivity index (χ2v) is 5.71. The normalized spacial score (nSPS) is 16.4. The van der Waals surface area contributed by atoms with Gasteiger partial charge in [0.25, 0.3) is 0 Å². The van der Waals surface area contributed by atoms with E-state index in [-0.39, 0.29) is 11.9 Å². The summed E-state index contributed by atoms with van der Waals surface area (Å²) in [6.45, 7) is 5.78. The Kier molecular flexibility index (Phi) is 6.61. The van der Waals surface area contributed by atoms with Crippen LogP contribution >= 0.6 is 0 Å². The molecule has 1 fully saturated rings. The predicted octanol–water partition coefficient (Wildman–Crippen LogP) is 2.98. The van der Waals surface area contributed by atoms with Crippen LogP contribution in [0.4, 0.5) is 4.39 Å². The topological polar surface area (TPSA) is 24.5 Å². The Morgan fingerprint density at radius 1 is 1.38 bits per heavy atom. The maximum Gasteiger partial charge on any atom is 0.123 e. The van der Waals surface area contributed by atoms with Gasteiger partial charge in [0.15, 0.2) is 0 Å². The van der Waals surface area contributed by atoms with Crippen LogP contribution < -0.4 is 5.32 Å². The SMILES string of the molecule is CCNC(CCN(CCOC)C1CC1)c1cccc(F)c1. The molecule has 0 heterocycles. The van der Waals surface area contributed by atoms with Gasteiger partial charge < -0.3 is 10.1 Å². The summed E-state index contributed by atoms with van der Waals surface area (Å²) in [5.74, 6) is -0.158. The van der Waals surface area contributed by atoms with Crippen LogP contribution in [0.15, 0.2) is 24.3 Å². The van der Waals surface area contributed by atoms with Gasteiger partial charge in [-0.1, -0.05) is 19.1 Å². The van der Waals surface area contributed by atoms with E-state index in [0.717, 1.165) is 44.3 Å². The largest absolute Gasteiger partial charge is 0.383 e. The van der Waals surface area contributed by atoms with Gasteiger partial charge in [-0.15, -0.1) is 0 Å². The number of nitrogens with one attached hydrogen (secondary N) is 1. The van der Waals surface area contributed by atoms with Crippen molar-refractivity contribution in [1.29, 1.82) is 0 Å². The van der Waals surface area contributed by atoms with E-state index in [1.807, 2.05) is 6.07 Å². The first-order chi connectivity index (χ1) is 10.2. The molecule has 1 aromatic rings. The van der Waals surface area contributed by atoms with Gasteiger partial charge in [0.05, 0.1) is 6.61 Å². The number of halogens is 1.